The SMILES string of the molecule is Nc1ncnc2c1ncn2[C@@H]1C[C@H]2[O][Sn]([c]3ccccc3)([c]3ccccc3)[O]C[C@H]2O1. The van der Waals surface area contributed by atoms with E-state index in [-0.39, 0.29) is 18.4 Å². The van der Waals surface area contributed by atoms with Gasteiger partial charge in [0.2, 0.25) is 0 Å². The van der Waals surface area contributed by atoms with Crippen LogP contribution in [0.15, 0.2) is 73.3 Å². The number of nitrogen functional groups attached to an aromatic ring is 1. The van der Waals surface area contributed by atoms with Crippen LogP contribution in [0.5, 0.6) is 0 Å². The molecule has 31 heavy (non-hydrogen) atoms. The van der Waals surface area contributed by atoms with Crippen LogP contribution >= 0.6 is 0 Å². The van der Waals surface area contributed by atoms with Gasteiger partial charge in [0.05, 0.1) is 0 Å². The summed E-state index contributed by atoms with van der Waals surface area (Å²) in [6.07, 6.45) is 3.41. The Kier molecular flexibility index (Phi) is 4.67. The van der Waals surface area contributed by atoms with E-state index >= 15 is 0 Å². The number of fused-ring (bicyclic) bond motifs is 2. The molecule has 3 atom stereocenters. The van der Waals surface area contributed by atoms with Crippen molar-refractivity contribution in [3.8, 4) is 0 Å². The molecule has 2 saturated heterocycles. The van der Waals surface area contributed by atoms with Gasteiger partial charge in [-0.25, -0.2) is 0 Å². The van der Waals surface area contributed by atoms with Gasteiger partial charge >= 0.3 is 184 Å². The van der Waals surface area contributed by atoms with E-state index in [2.05, 4.69) is 39.2 Å². The molecule has 4 aromatic rings. The average Bonchev–Trinajstić information content (AvgIpc) is 3.44. The number of ether oxygens (including phenoxy) is 1. The molecule has 9 heteroatoms. The molecule has 0 unspecified atom stereocenters. The molecular formula is C22H21N5O3Sn. The summed E-state index contributed by atoms with van der Waals surface area (Å²) < 4.78 is 24.1. The molecular weight excluding hydrogens is 501 g/mol. The number of anilines is 1. The Balaban J connectivity index is 1.35. The van der Waals surface area contributed by atoms with Crippen LogP contribution in [0.2, 0.25) is 0 Å². The second-order valence-electron chi connectivity index (χ2n) is 7.76. The van der Waals surface area contributed by atoms with Crippen molar-refractivity contribution in [3.63, 3.8) is 0 Å². The Morgan fingerprint density at radius 2 is 1.61 bits per heavy atom. The molecule has 0 radical (unpaired) electrons. The Morgan fingerprint density at radius 3 is 2.32 bits per heavy atom. The molecule has 2 aromatic heterocycles. The first-order chi connectivity index (χ1) is 15.2. The maximum atomic E-state index is 6.91. The van der Waals surface area contributed by atoms with Gasteiger partial charge in [-0.15, -0.1) is 0 Å². The molecule has 2 aromatic carbocycles. The number of benzene rings is 2. The van der Waals surface area contributed by atoms with Crippen LogP contribution in [0.3, 0.4) is 0 Å². The van der Waals surface area contributed by atoms with Gasteiger partial charge in [-0.05, 0) is 0 Å². The number of nitrogens with two attached hydrogens (primary N) is 1. The molecule has 0 bridgehead atoms. The van der Waals surface area contributed by atoms with Gasteiger partial charge < -0.3 is 0 Å². The minimum absolute atomic E-state index is 0.0633. The summed E-state index contributed by atoms with van der Waals surface area (Å²) in [4.78, 5) is 12.8. The van der Waals surface area contributed by atoms with Crippen molar-refractivity contribution in [2.24, 2.45) is 0 Å². The van der Waals surface area contributed by atoms with Gasteiger partial charge in [0.1, 0.15) is 0 Å². The standard InChI is InChI=1S/C10H11N5O3.2C6H5.Sn/c11-9-8-10(13-3-12-9)15(4-14-8)7-1-5(17)6(2-16)18-7;2*1-2-4-6-5-3-1;/h3-7H,1-2H2,(H2,11,12,13);2*1-5H;/q-2;;;+2/t5-,6-,7+;;;/m1.../s1. The number of nitrogens with zero attached hydrogens (tertiary/aromatic N) is 4. The van der Waals surface area contributed by atoms with E-state index in [1.54, 1.807) is 6.33 Å². The molecule has 2 fully saturated rings. The molecule has 0 aliphatic carbocycles. The van der Waals surface area contributed by atoms with Crippen molar-refractivity contribution in [2.45, 2.75) is 24.9 Å². The molecule has 156 valence electrons. The zero-order chi connectivity index (χ0) is 20.8. The topological polar surface area (TPSA) is 97.3 Å². The van der Waals surface area contributed by atoms with Crippen molar-refractivity contribution in [3.05, 3.63) is 73.3 Å². The summed E-state index contributed by atoms with van der Waals surface area (Å²) in [6.45, 7) is 0.505. The van der Waals surface area contributed by atoms with Crippen LogP contribution in [0, 0.1) is 0 Å². The Hall–Kier alpha value is -2.53. The number of rotatable bonds is 3. The molecule has 2 N–H and O–H groups in total. The summed E-state index contributed by atoms with van der Waals surface area (Å²) in [5.74, 6) is 0.363. The van der Waals surface area contributed by atoms with Crippen LogP contribution < -0.4 is 12.9 Å². The first-order valence-electron chi connectivity index (χ1n) is 10.3. The van der Waals surface area contributed by atoms with Crippen molar-refractivity contribution in [1.29, 1.82) is 0 Å². The number of hydrogen-bond donors (Lipinski definition) is 1. The summed E-state index contributed by atoms with van der Waals surface area (Å²) in [5.41, 5.74) is 7.19. The van der Waals surface area contributed by atoms with Gasteiger partial charge in [0.25, 0.3) is 0 Å². The predicted molar refractivity (Wildman–Crippen MR) is 117 cm³/mol. The van der Waals surface area contributed by atoms with Gasteiger partial charge in [-0.3, -0.25) is 0 Å². The Bertz CT molecular complexity index is 1180. The van der Waals surface area contributed by atoms with Crippen LogP contribution in [-0.2, 0) is 10.9 Å². The quantitative estimate of drug-likeness (QED) is 0.406. The van der Waals surface area contributed by atoms with Gasteiger partial charge in [-0.1, -0.05) is 0 Å². The fourth-order valence-corrected chi connectivity index (χ4v) is 14.0. The number of hydrogen-bond acceptors (Lipinski definition) is 7. The van der Waals surface area contributed by atoms with Crippen molar-refractivity contribution in [1.82, 2.24) is 19.5 Å². The molecule has 0 amide bonds. The van der Waals surface area contributed by atoms with E-state index < -0.39 is 19.2 Å². The summed E-state index contributed by atoms with van der Waals surface area (Å²) >= 11 is -3.80. The molecule has 2 aliphatic heterocycles. The summed E-state index contributed by atoms with van der Waals surface area (Å²) in [7, 11) is 0. The summed E-state index contributed by atoms with van der Waals surface area (Å²) in [6, 6.07) is 20.7. The fraction of sp³-hybridized carbons (Fsp3) is 0.227. The van der Waals surface area contributed by atoms with E-state index in [4.69, 9.17) is 16.6 Å². The molecule has 0 saturated carbocycles. The molecule has 6 rings (SSSR count). The van der Waals surface area contributed by atoms with Crippen LogP contribution in [0.25, 0.3) is 11.2 Å². The number of aromatic nitrogens is 4. The third-order valence-corrected chi connectivity index (χ3v) is 15.6. The van der Waals surface area contributed by atoms with E-state index in [1.807, 2.05) is 41.0 Å². The van der Waals surface area contributed by atoms with E-state index in [9.17, 15) is 0 Å². The second kappa shape index (κ2) is 7.56. The van der Waals surface area contributed by atoms with Crippen LogP contribution in [0.4, 0.5) is 5.82 Å². The molecule has 2 aliphatic rings. The van der Waals surface area contributed by atoms with E-state index in [0.29, 0.717) is 30.0 Å². The normalized spacial score (nSPS) is 24.8. The average molecular weight is 522 g/mol. The van der Waals surface area contributed by atoms with Crippen molar-refractivity contribution in [2.75, 3.05) is 12.3 Å². The van der Waals surface area contributed by atoms with E-state index in [1.165, 1.54) is 13.5 Å². The molecule has 4 heterocycles. The number of imidazole rings is 1. The van der Waals surface area contributed by atoms with Gasteiger partial charge in [-0.2, -0.15) is 0 Å². The Morgan fingerprint density at radius 1 is 0.903 bits per heavy atom. The van der Waals surface area contributed by atoms with E-state index in [0.717, 1.165) is 0 Å². The monoisotopic (exact) mass is 523 g/mol. The molecule has 8 nitrogen and oxygen atoms in total. The zero-order valence-electron chi connectivity index (χ0n) is 16.7. The first kappa shape index (κ1) is 19.2. The summed E-state index contributed by atoms with van der Waals surface area (Å²) in [5, 5.41) is 0. The minimum atomic E-state index is -3.80. The van der Waals surface area contributed by atoms with Crippen molar-refractivity contribution >= 4 is 43.3 Å². The predicted octanol–water partition coefficient (Wildman–Crippen LogP) is 1.37. The first-order valence-corrected chi connectivity index (χ1v) is 15.4. The fourth-order valence-electron chi connectivity index (χ4n) is 4.46. The van der Waals surface area contributed by atoms with Gasteiger partial charge in [0.15, 0.2) is 0 Å². The maximum absolute atomic E-state index is 6.91. The zero-order valence-corrected chi connectivity index (χ0v) is 19.5. The van der Waals surface area contributed by atoms with Crippen LogP contribution in [-0.4, -0.2) is 57.5 Å². The second-order valence-corrected chi connectivity index (χ2v) is 16.1. The molecule has 0 spiro atoms. The van der Waals surface area contributed by atoms with Gasteiger partial charge in [0, 0.05) is 0 Å². The Labute approximate surface area is 184 Å². The third kappa shape index (κ3) is 3.13. The van der Waals surface area contributed by atoms with Crippen molar-refractivity contribution < 1.29 is 10.9 Å². The van der Waals surface area contributed by atoms with Crippen LogP contribution in [0.1, 0.15) is 12.6 Å². The third-order valence-electron chi connectivity index (χ3n) is 5.95.